The average Bonchev–Trinajstić information content (AvgIpc) is 3.76. The summed E-state index contributed by atoms with van der Waals surface area (Å²) in [7, 11) is 3.08. The number of pyridine rings is 1. The predicted molar refractivity (Wildman–Crippen MR) is 156 cm³/mol. The smallest absolute Gasteiger partial charge is 0.341 e. The van der Waals surface area contributed by atoms with Crippen molar-refractivity contribution in [3.63, 3.8) is 0 Å². The number of carboxylic acid groups (broad SMARTS) is 1. The van der Waals surface area contributed by atoms with Crippen LogP contribution in [0.3, 0.4) is 0 Å². The molecule has 1 saturated carbocycles. The van der Waals surface area contributed by atoms with Crippen LogP contribution >= 0.6 is 11.8 Å². The van der Waals surface area contributed by atoms with Crippen molar-refractivity contribution in [1.29, 1.82) is 0 Å². The first-order chi connectivity index (χ1) is 20.8. The van der Waals surface area contributed by atoms with Crippen LogP contribution in [0.1, 0.15) is 29.2 Å². The Morgan fingerprint density at radius 2 is 1.81 bits per heavy atom. The van der Waals surface area contributed by atoms with Crippen LogP contribution in [0.4, 0.5) is 10.1 Å². The maximum absolute atomic E-state index is 15.3. The molecule has 2 fully saturated rings. The number of carbonyl (C=O) groups excluding carboxylic acids is 1. The highest BCUT2D eigenvalue weighted by atomic mass is 32.2. The second-order valence-electron chi connectivity index (χ2n) is 10.2. The Balaban J connectivity index is 1.10. The number of carbonyl (C=O) groups is 2. The van der Waals surface area contributed by atoms with Gasteiger partial charge in [0.25, 0.3) is 5.22 Å². The summed E-state index contributed by atoms with van der Waals surface area (Å²) in [6.45, 7) is 1.55. The van der Waals surface area contributed by atoms with Gasteiger partial charge >= 0.3 is 5.97 Å². The van der Waals surface area contributed by atoms with Crippen molar-refractivity contribution >= 4 is 40.2 Å². The zero-order valence-electron chi connectivity index (χ0n) is 23.4. The number of halogens is 1. The van der Waals surface area contributed by atoms with Crippen molar-refractivity contribution < 1.29 is 33.0 Å². The lowest BCUT2D eigenvalue weighted by Crippen LogP contribution is -2.49. The average molecular weight is 610 g/mol. The van der Waals surface area contributed by atoms with E-state index in [2.05, 4.69) is 10.2 Å². The van der Waals surface area contributed by atoms with Crippen LogP contribution in [-0.4, -0.2) is 82.8 Å². The number of piperazine rings is 1. The highest BCUT2D eigenvalue weighted by Crippen LogP contribution is 2.38. The summed E-state index contributed by atoms with van der Waals surface area (Å²) in [5.41, 5.74) is 0.413. The molecule has 0 bridgehead atoms. The number of rotatable bonds is 9. The zero-order valence-corrected chi connectivity index (χ0v) is 24.2. The number of aromatic nitrogens is 3. The number of hydrogen-bond donors (Lipinski definition) is 1. The van der Waals surface area contributed by atoms with E-state index in [1.165, 1.54) is 13.3 Å². The molecule has 1 saturated heterocycles. The van der Waals surface area contributed by atoms with E-state index in [4.69, 9.17) is 13.9 Å². The maximum atomic E-state index is 15.3. The van der Waals surface area contributed by atoms with E-state index in [1.807, 2.05) is 4.90 Å². The van der Waals surface area contributed by atoms with Crippen molar-refractivity contribution in [2.75, 3.05) is 51.1 Å². The maximum Gasteiger partial charge on any atom is 0.341 e. The number of nitrogens with zero attached hydrogens (tertiary/aromatic N) is 5. The van der Waals surface area contributed by atoms with Gasteiger partial charge in [0.2, 0.25) is 17.2 Å². The Morgan fingerprint density at radius 1 is 1.07 bits per heavy atom. The Labute approximate surface area is 249 Å². The Kier molecular flexibility index (Phi) is 7.69. The molecule has 1 aliphatic carbocycles. The lowest BCUT2D eigenvalue weighted by atomic mass is 10.1. The van der Waals surface area contributed by atoms with Crippen molar-refractivity contribution in [2.24, 2.45) is 0 Å². The lowest BCUT2D eigenvalue weighted by molar-refractivity contribution is -0.128. The largest absolute Gasteiger partial charge is 0.493 e. The van der Waals surface area contributed by atoms with Crippen LogP contribution in [0.15, 0.2) is 51.0 Å². The van der Waals surface area contributed by atoms with Crippen molar-refractivity contribution in [2.45, 2.75) is 24.1 Å². The van der Waals surface area contributed by atoms with Gasteiger partial charge in [-0.2, -0.15) is 0 Å². The quantitative estimate of drug-likeness (QED) is 0.278. The number of benzene rings is 2. The minimum absolute atomic E-state index is 0.0502. The van der Waals surface area contributed by atoms with Crippen molar-refractivity contribution in [1.82, 2.24) is 19.7 Å². The van der Waals surface area contributed by atoms with Crippen LogP contribution in [-0.2, 0) is 4.79 Å². The van der Waals surface area contributed by atoms with Crippen LogP contribution in [0.5, 0.6) is 11.5 Å². The minimum Gasteiger partial charge on any atom is -0.493 e. The van der Waals surface area contributed by atoms with Crippen LogP contribution < -0.4 is 19.8 Å². The number of hydrogen-bond acceptors (Lipinski definition) is 10. The summed E-state index contributed by atoms with van der Waals surface area (Å²) in [5, 5.41) is 17.9. The summed E-state index contributed by atoms with van der Waals surface area (Å²) < 4.78 is 33.3. The number of thioether (sulfide) groups is 1. The van der Waals surface area contributed by atoms with Gasteiger partial charge in [-0.25, -0.2) is 9.18 Å². The first kappa shape index (κ1) is 28.5. The predicted octanol–water partition coefficient (Wildman–Crippen LogP) is 3.68. The second kappa shape index (κ2) is 11.6. The molecule has 43 heavy (non-hydrogen) atoms. The van der Waals surface area contributed by atoms with Gasteiger partial charge < -0.3 is 33.4 Å². The van der Waals surface area contributed by atoms with E-state index in [9.17, 15) is 19.5 Å². The number of fused-ring (bicyclic) bond motifs is 1. The molecule has 6 rings (SSSR count). The highest BCUT2D eigenvalue weighted by molar-refractivity contribution is 7.99. The number of aromatic carboxylic acids is 1. The van der Waals surface area contributed by atoms with E-state index in [0.29, 0.717) is 54.4 Å². The summed E-state index contributed by atoms with van der Waals surface area (Å²) in [6.07, 6.45) is 3.09. The van der Waals surface area contributed by atoms with Crippen LogP contribution in [0.2, 0.25) is 0 Å². The molecular weight excluding hydrogens is 581 g/mol. The molecule has 12 nitrogen and oxygen atoms in total. The fourth-order valence-electron chi connectivity index (χ4n) is 5.17. The van der Waals surface area contributed by atoms with Crippen molar-refractivity contribution in [3.8, 4) is 23.0 Å². The zero-order chi connectivity index (χ0) is 30.2. The molecule has 2 aromatic carbocycles. The van der Waals surface area contributed by atoms with Gasteiger partial charge in [-0.1, -0.05) is 11.8 Å². The first-order valence-electron chi connectivity index (χ1n) is 13.6. The second-order valence-corrected chi connectivity index (χ2v) is 11.2. The third-order valence-electron chi connectivity index (χ3n) is 7.60. The number of methoxy groups -OCH3 is 2. The number of ether oxygens (including phenoxy) is 2. The van der Waals surface area contributed by atoms with Gasteiger partial charge in [0.1, 0.15) is 11.4 Å². The molecule has 14 heteroatoms. The third kappa shape index (κ3) is 5.61. The number of anilines is 1. The topological polar surface area (TPSA) is 140 Å². The molecule has 1 amide bonds. The number of amides is 1. The van der Waals surface area contributed by atoms with Crippen LogP contribution in [0, 0.1) is 5.82 Å². The first-order valence-corrected chi connectivity index (χ1v) is 14.6. The normalized spacial score (nSPS) is 15.1. The van der Waals surface area contributed by atoms with E-state index in [-0.39, 0.29) is 39.8 Å². The highest BCUT2D eigenvalue weighted by Gasteiger charge is 2.29. The standard InChI is InChI=1S/C29H28FN5O7S/c1-40-23-6-3-16(11-24(23)41-2)27-31-32-29(42-27)43-15-25(36)34-9-7-33(8-10-34)22-13-21-18(12-20(22)30)26(37)19(28(38)39)14-35(21)17-4-5-17/h3,6,11-14,17H,4-5,7-10,15H2,1-2H3,(H,38,39). The molecule has 3 heterocycles. The number of carboxylic acids is 1. The van der Waals surface area contributed by atoms with E-state index < -0.39 is 17.2 Å². The van der Waals surface area contributed by atoms with E-state index >= 15 is 4.39 Å². The molecule has 0 spiro atoms. The molecule has 4 aromatic rings. The fourth-order valence-corrected chi connectivity index (χ4v) is 5.84. The van der Waals surface area contributed by atoms with Gasteiger partial charge in [-0.05, 0) is 43.2 Å². The van der Waals surface area contributed by atoms with Gasteiger partial charge in [0, 0.05) is 49.4 Å². The van der Waals surface area contributed by atoms with Gasteiger partial charge in [-0.15, -0.1) is 10.2 Å². The Morgan fingerprint density at radius 3 is 2.49 bits per heavy atom. The molecular formula is C29H28FN5O7S. The van der Waals surface area contributed by atoms with Gasteiger partial charge in [0.05, 0.1) is 31.2 Å². The van der Waals surface area contributed by atoms with Gasteiger partial charge in [-0.3, -0.25) is 9.59 Å². The SMILES string of the molecule is COc1ccc(-c2nnc(SCC(=O)N3CCN(c4cc5c(cc4F)c(=O)c(C(=O)O)cn5C4CC4)CC3)o2)cc1OC. The molecule has 1 N–H and O–H groups in total. The molecule has 0 radical (unpaired) electrons. The summed E-state index contributed by atoms with van der Waals surface area (Å²) in [4.78, 5) is 40.9. The Bertz CT molecular complexity index is 1780. The molecule has 0 unspecified atom stereocenters. The monoisotopic (exact) mass is 609 g/mol. The lowest BCUT2D eigenvalue weighted by Gasteiger charge is -2.36. The minimum atomic E-state index is -1.33. The molecule has 224 valence electrons. The van der Waals surface area contributed by atoms with Crippen LogP contribution in [0.25, 0.3) is 22.4 Å². The van der Waals surface area contributed by atoms with E-state index in [0.717, 1.165) is 30.7 Å². The van der Waals surface area contributed by atoms with Crippen molar-refractivity contribution in [3.05, 3.63) is 58.1 Å². The van der Waals surface area contributed by atoms with Gasteiger partial charge in [0.15, 0.2) is 11.5 Å². The molecule has 2 aliphatic rings. The van der Waals surface area contributed by atoms with E-state index in [1.54, 1.807) is 40.8 Å². The molecule has 0 atom stereocenters. The summed E-state index contributed by atoms with van der Waals surface area (Å²) in [5.74, 6) is -0.574. The fraction of sp³-hybridized carbons (Fsp3) is 0.345. The Hall–Kier alpha value is -4.59. The summed E-state index contributed by atoms with van der Waals surface area (Å²) in [6, 6.07) is 8.06. The molecule has 1 aliphatic heterocycles. The summed E-state index contributed by atoms with van der Waals surface area (Å²) >= 11 is 1.14. The third-order valence-corrected chi connectivity index (χ3v) is 8.40. The molecule has 2 aromatic heterocycles.